The first-order valence-corrected chi connectivity index (χ1v) is 8.80. The first-order chi connectivity index (χ1) is 12.1. The number of anilines is 1. The Balaban J connectivity index is 2.04. The highest BCUT2D eigenvalue weighted by Crippen LogP contribution is 2.46. The van der Waals surface area contributed by atoms with Crippen molar-refractivity contribution < 1.29 is 19.1 Å². The summed E-state index contributed by atoms with van der Waals surface area (Å²) < 4.78 is 9.14. The summed E-state index contributed by atoms with van der Waals surface area (Å²) in [6, 6.07) is 14.8. The molecule has 0 aromatic heterocycles. The van der Waals surface area contributed by atoms with Gasteiger partial charge in [0, 0.05) is 11.3 Å². The molecule has 6 heteroatoms. The number of nitrogens with one attached hydrogen (secondary N) is 1. The Morgan fingerprint density at radius 1 is 1.20 bits per heavy atom. The van der Waals surface area contributed by atoms with E-state index in [4.69, 9.17) is 9.47 Å². The van der Waals surface area contributed by atoms with Gasteiger partial charge < -0.3 is 14.8 Å². The Hall–Kier alpha value is -2.47. The molecule has 1 N–H and O–H groups in total. The van der Waals surface area contributed by atoms with Gasteiger partial charge in [-0.15, -0.1) is 0 Å². The summed E-state index contributed by atoms with van der Waals surface area (Å²) in [6.07, 6.45) is 0.250. The maximum Gasteiger partial charge on any atom is 0.332 e. The minimum absolute atomic E-state index is 0.216. The van der Waals surface area contributed by atoms with Crippen molar-refractivity contribution in [2.24, 2.45) is 0 Å². The minimum atomic E-state index is -1.36. The highest BCUT2D eigenvalue weighted by molar-refractivity contribution is 8.02. The molecule has 0 bridgehead atoms. The predicted molar refractivity (Wildman–Crippen MR) is 97.0 cm³/mol. The summed E-state index contributed by atoms with van der Waals surface area (Å²) in [7, 11) is 1.58. The number of esters is 1. The van der Waals surface area contributed by atoms with Crippen LogP contribution in [0.15, 0.2) is 53.4 Å². The first-order valence-electron chi connectivity index (χ1n) is 7.98. The molecule has 2 aromatic carbocycles. The van der Waals surface area contributed by atoms with Crippen LogP contribution in [-0.4, -0.2) is 30.3 Å². The summed E-state index contributed by atoms with van der Waals surface area (Å²) in [5, 5.41) is 2.85. The summed E-state index contributed by atoms with van der Waals surface area (Å²) in [4.78, 5) is 26.4. The molecule has 0 aliphatic carbocycles. The molecule has 2 aromatic rings. The molecular formula is C19H19NO4S. The SMILES string of the molecule is CCOC(=O)C1(Cc2ccccc2)Sc2cc(OC)ccc2NC1=O. The molecule has 1 aliphatic rings. The topological polar surface area (TPSA) is 64.6 Å². The Bertz CT molecular complexity index is 793. The molecule has 5 nitrogen and oxygen atoms in total. The standard InChI is InChI=1S/C19H19NO4S/c1-3-24-18(22)19(12-13-7-5-4-6-8-13)17(21)20-15-10-9-14(23-2)11-16(15)25-19/h4-11H,3,12H2,1-2H3,(H,20,21). The number of hydrogen-bond donors (Lipinski definition) is 1. The normalized spacial score (nSPS) is 18.9. The lowest BCUT2D eigenvalue weighted by Gasteiger charge is -2.34. The minimum Gasteiger partial charge on any atom is -0.497 e. The third-order valence-electron chi connectivity index (χ3n) is 3.99. The van der Waals surface area contributed by atoms with Crippen LogP contribution in [0.3, 0.4) is 0 Å². The van der Waals surface area contributed by atoms with Crippen molar-refractivity contribution >= 4 is 29.3 Å². The lowest BCUT2D eigenvalue weighted by Crippen LogP contribution is -2.51. The number of ether oxygens (including phenoxy) is 2. The fourth-order valence-corrected chi connectivity index (χ4v) is 4.03. The summed E-state index contributed by atoms with van der Waals surface area (Å²) in [5.41, 5.74) is 1.56. The molecule has 1 aliphatic heterocycles. The van der Waals surface area contributed by atoms with Gasteiger partial charge in [-0.1, -0.05) is 42.1 Å². The van der Waals surface area contributed by atoms with Crippen molar-refractivity contribution in [3.8, 4) is 5.75 Å². The maximum atomic E-state index is 12.9. The van der Waals surface area contributed by atoms with Gasteiger partial charge in [-0.2, -0.15) is 0 Å². The first kappa shape index (κ1) is 17.4. The quantitative estimate of drug-likeness (QED) is 0.657. The van der Waals surface area contributed by atoms with Crippen LogP contribution in [0.25, 0.3) is 0 Å². The van der Waals surface area contributed by atoms with E-state index in [-0.39, 0.29) is 18.9 Å². The number of hydrogen-bond acceptors (Lipinski definition) is 5. The van der Waals surface area contributed by atoms with Gasteiger partial charge in [0.05, 0.1) is 19.4 Å². The number of methoxy groups -OCH3 is 1. The number of benzene rings is 2. The van der Waals surface area contributed by atoms with E-state index < -0.39 is 10.7 Å². The number of carbonyl (C=O) groups is 2. The van der Waals surface area contributed by atoms with Crippen molar-refractivity contribution in [3.63, 3.8) is 0 Å². The molecule has 0 saturated heterocycles. The second-order valence-electron chi connectivity index (χ2n) is 5.63. The van der Waals surface area contributed by atoms with E-state index in [0.717, 1.165) is 10.5 Å². The smallest absolute Gasteiger partial charge is 0.332 e. The lowest BCUT2D eigenvalue weighted by atomic mass is 9.96. The Kier molecular flexibility index (Phi) is 4.99. The molecule has 1 unspecified atom stereocenters. The Labute approximate surface area is 150 Å². The van der Waals surface area contributed by atoms with Gasteiger partial charge in [-0.3, -0.25) is 4.79 Å². The Morgan fingerprint density at radius 3 is 2.64 bits per heavy atom. The summed E-state index contributed by atoms with van der Waals surface area (Å²) >= 11 is 1.22. The molecule has 0 fully saturated rings. The average molecular weight is 357 g/mol. The zero-order valence-corrected chi connectivity index (χ0v) is 14.9. The second-order valence-corrected chi connectivity index (χ2v) is 6.97. The number of amides is 1. The molecule has 130 valence electrons. The van der Waals surface area contributed by atoms with Crippen LogP contribution < -0.4 is 10.1 Å². The van der Waals surface area contributed by atoms with Crippen molar-refractivity contribution in [1.82, 2.24) is 0 Å². The van der Waals surface area contributed by atoms with E-state index in [1.54, 1.807) is 26.2 Å². The van der Waals surface area contributed by atoms with Crippen LogP contribution in [0, 0.1) is 0 Å². The van der Waals surface area contributed by atoms with Gasteiger partial charge in [0.1, 0.15) is 5.75 Å². The van der Waals surface area contributed by atoms with Crippen LogP contribution in [-0.2, 0) is 20.7 Å². The zero-order valence-electron chi connectivity index (χ0n) is 14.1. The molecule has 3 rings (SSSR count). The highest BCUT2D eigenvalue weighted by atomic mass is 32.2. The molecule has 0 spiro atoms. The highest BCUT2D eigenvalue weighted by Gasteiger charge is 2.51. The van der Waals surface area contributed by atoms with E-state index in [0.29, 0.717) is 11.4 Å². The molecule has 1 atom stereocenters. The Morgan fingerprint density at radius 2 is 1.96 bits per heavy atom. The van der Waals surface area contributed by atoms with Gasteiger partial charge in [-0.05, 0) is 30.7 Å². The van der Waals surface area contributed by atoms with Crippen LogP contribution in [0.4, 0.5) is 5.69 Å². The third kappa shape index (κ3) is 3.35. The van der Waals surface area contributed by atoms with E-state index in [1.165, 1.54) is 11.8 Å². The maximum absolute atomic E-state index is 12.9. The second kappa shape index (κ2) is 7.19. The average Bonchev–Trinajstić information content (AvgIpc) is 2.63. The fraction of sp³-hybridized carbons (Fsp3) is 0.263. The third-order valence-corrected chi connectivity index (χ3v) is 5.39. The molecule has 25 heavy (non-hydrogen) atoms. The van der Waals surface area contributed by atoms with E-state index in [9.17, 15) is 9.59 Å². The predicted octanol–water partition coefficient (Wildman–Crippen LogP) is 3.28. The van der Waals surface area contributed by atoms with Crippen LogP contribution >= 0.6 is 11.8 Å². The zero-order chi connectivity index (χ0) is 17.9. The van der Waals surface area contributed by atoms with Crippen LogP contribution in [0.1, 0.15) is 12.5 Å². The van der Waals surface area contributed by atoms with Crippen molar-refractivity contribution in [2.45, 2.75) is 23.0 Å². The van der Waals surface area contributed by atoms with E-state index in [2.05, 4.69) is 5.32 Å². The van der Waals surface area contributed by atoms with Gasteiger partial charge in [0.15, 0.2) is 0 Å². The summed E-state index contributed by atoms with van der Waals surface area (Å²) in [6.45, 7) is 1.95. The fourth-order valence-electron chi connectivity index (χ4n) is 2.73. The van der Waals surface area contributed by atoms with Crippen LogP contribution in [0.5, 0.6) is 5.75 Å². The van der Waals surface area contributed by atoms with Crippen molar-refractivity contribution in [1.29, 1.82) is 0 Å². The molecule has 0 radical (unpaired) electrons. The number of fused-ring (bicyclic) bond motifs is 1. The van der Waals surface area contributed by atoms with Crippen LogP contribution in [0.2, 0.25) is 0 Å². The van der Waals surface area contributed by atoms with Crippen molar-refractivity contribution in [3.05, 3.63) is 54.1 Å². The lowest BCUT2D eigenvalue weighted by molar-refractivity contribution is -0.148. The van der Waals surface area contributed by atoms with Gasteiger partial charge in [0.25, 0.3) is 5.91 Å². The van der Waals surface area contributed by atoms with E-state index in [1.807, 2.05) is 36.4 Å². The van der Waals surface area contributed by atoms with Gasteiger partial charge in [-0.25, -0.2) is 4.79 Å². The monoisotopic (exact) mass is 357 g/mol. The largest absolute Gasteiger partial charge is 0.497 e. The number of carbonyl (C=O) groups excluding carboxylic acids is 2. The van der Waals surface area contributed by atoms with Crippen molar-refractivity contribution in [2.75, 3.05) is 19.0 Å². The van der Waals surface area contributed by atoms with Gasteiger partial charge in [0.2, 0.25) is 4.75 Å². The number of rotatable bonds is 5. The molecular weight excluding hydrogens is 338 g/mol. The number of thioether (sulfide) groups is 1. The summed E-state index contributed by atoms with van der Waals surface area (Å²) in [5.74, 6) is -0.229. The molecule has 0 saturated carbocycles. The molecule has 1 amide bonds. The van der Waals surface area contributed by atoms with Gasteiger partial charge >= 0.3 is 5.97 Å². The molecule has 1 heterocycles. The van der Waals surface area contributed by atoms with E-state index >= 15 is 0 Å².